The van der Waals surface area contributed by atoms with Crippen molar-refractivity contribution in [3.63, 3.8) is 0 Å². The van der Waals surface area contributed by atoms with E-state index in [0.29, 0.717) is 38.4 Å². The average Bonchev–Trinajstić information content (AvgIpc) is 2.80. The van der Waals surface area contributed by atoms with E-state index in [1.165, 1.54) is 0 Å². The SMILES string of the molecule is Cn1ccc(C(=O)N2CC[C@H]3C(=O)NCCO[C@H]3C2)n1. The Morgan fingerprint density at radius 3 is 3.15 bits per heavy atom. The van der Waals surface area contributed by atoms with Gasteiger partial charge in [0.25, 0.3) is 5.91 Å². The van der Waals surface area contributed by atoms with E-state index in [4.69, 9.17) is 4.74 Å². The number of carbonyl (C=O) groups excluding carboxylic acids is 2. The van der Waals surface area contributed by atoms with Crippen LogP contribution in [0.2, 0.25) is 0 Å². The predicted octanol–water partition coefficient (Wildman–Crippen LogP) is -0.603. The maximum atomic E-state index is 12.3. The molecule has 0 saturated carbocycles. The number of piperidine rings is 1. The number of aromatic nitrogens is 2. The Bertz CT molecular complexity index is 527. The van der Waals surface area contributed by atoms with Crippen molar-refractivity contribution < 1.29 is 14.3 Å². The molecule has 2 saturated heterocycles. The Morgan fingerprint density at radius 1 is 1.55 bits per heavy atom. The number of ether oxygens (including phenoxy) is 1. The summed E-state index contributed by atoms with van der Waals surface area (Å²) in [7, 11) is 1.78. The molecule has 7 heteroatoms. The van der Waals surface area contributed by atoms with Gasteiger partial charge in [0, 0.05) is 32.9 Å². The molecular formula is C13H18N4O3. The standard InChI is InChI=1S/C13H18N4O3/c1-16-5-3-10(15-16)13(19)17-6-2-9-11(8-17)20-7-4-14-12(9)18/h3,5,9,11H,2,4,6-8H2,1H3,(H,14,18)/t9-,11+/m1/s1. The highest BCUT2D eigenvalue weighted by Crippen LogP contribution is 2.23. The molecule has 0 aliphatic carbocycles. The lowest BCUT2D eigenvalue weighted by molar-refractivity contribution is -0.129. The van der Waals surface area contributed by atoms with E-state index in [2.05, 4.69) is 10.4 Å². The first-order chi connectivity index (χ1) is 9.65. The Morgan fingerprint density at radius 2 is 2.40 bits per heavy atom. The van der Waals surface area contributed by atoms with Gasteiger partial charge in [-0.2, -0.15) is 5.10 Å². The normalized spacial score (nSPS) is 26.6. The van der Waals surface area contributed by atoms with E-state index in [-0.39, 0.29) is 23.8 Å². The lowest BCUT2D eigenvalue weighted by Crippen LogP contribution is -2.50. The van der Waals surface area contributed by atoms with Gasteiger partial charge in [-0.15, -0.1) is 0 Å². The van der Waals surface area contributed by atoms with Gasteiger partial charge in [-0.05, 0) is 12.5 Å². The largest absolute Gasteiger partial charge is 0.374 e. The van der Waals surface area contributed by atoms with Gasteiger partial charge < -0.3 is 15.0 Å². The Balaban J connectivity index is 1.71. The number of carbonyl (C=O) groups is 2. The third-order valence-corrected chi connectivity index (χ3v) is 3.85. The number of nitrogens with one attached hydrogen (secondary N) is 1. The van der Waals surface area contributed by atoms with E-state index < -0.39 is 0 Å². The van der Waals surface area contributed by atoms with E-state index >= 15 is 0 Å². The van der Waals surface area contributed by atoms with Crippen molar-refractivity contribution in [1.29, 1.82) is 0 Å². The molecule has 2 fully saturated rings. The molecule has 0 aromatic carbocycles. The molecule has 1 N–H and O–H groups in total. The lowest BCUT2D eigenvalue weighted by Gasteiger charge is -2.35. The third-order valence-electron chi connectivity index (χ3n) is 3.85. The highest BCUT2D eigenvalue weighted by atomic mass is 16.5. The van der Waals surface area contributed by atoms with Crippen LogP contribution in [0.25, 0.3) is 0 Å². The highest BCUT2D eigenvalue weighted by molar-refractivity contribution is 5.92. The van der Waals surface area contributed by atoms with E-state index in [1.807, 2.05) is 0 Å². The number of fused-ring (bicyclic) bond motifs is 1. The van der Waals surface area contributed by atoms with Crippen LogP contribution in [0.15, 0.2) is 12.3 Å². The molecule has 0 bridgehead atoms. The number of rotatable bonds is 1. The van der Waals surface area contributed by atoms with Crippen LogP contribution in [0.4, 0.5) is 0 Å². The van der Waals surface area contributed by atoms with Crippen molar-refractivity contribution >= 4 is 11.8 Å². The summed E-state index contributed by atoms with van der Waals surface area (Å²) in [5.74, 6) is -0.208. The predicted molar refractivity (Wildman–Crippen MR) is 70.0 cm³/mol. The van der Waals surface area contributed by atoms with Crippen LogP contribution < -0.4 is 5.32 Å². The monoisotopic (exact) mass is 278 g/mol. The van der Waals surface area contributed by atoms with Crippen molar-refractivity contribution in [1.82, 2.24) is 20.0 Å². The number of likely N-dealkylation sites (tertiary alicyclic amines) is 1. The second-order valence-corrected chi connectivity index (χ2v) is 5.22. The van der Waals surface area contributed by atoms with Crippen LogP contribution in [0.5, 0.6) is 0 Å². The molecule has 0 unspecified atom stereocenters. The Hall–Kier alpha value is -1.89. The molecule has 7 nitrogen and oxygen atoms in total. The summed E-state index contributed by atoms with van der Waals surface area (Å²) in [6.45, 7) is 2.05. The molecule has 108 valence electrons. The number of hydrogen-bond acceptors (Lipinski definition) is 4. The molecule has 0 spiro atoms. The maximum absolute atomic E-state index is 12.3. The topological polar surface area (TPSA) is 76.5 Å². The fourth-order valence-corrected chi connectivity index (χ4v) is 2.78. The van der Waals surface area contributed by atoms with Crippen molar-refractivity contribution in [3.8, 4) is 0 Å². The highest BCUT2D eigenvalue weighted by Gasteiger charge is 2.38. The van der Waals surface area contributed by atoms with Crippen LogP contribution in [-0.4, -0.2) is 58.8 Å². The first-order valence-electron chi connectivity index (χ1n) is 6.83. The number of amides is 2. The van der Waals surface area contributed by atoms with Crippen LogP contribution >= 0.6 is 0 Å². The van der Waals surface area contributed by atoms with Crippen molar-refractivity contribution in [3.05, 3.63) is 18.0 Å². The van der Waals surface area contributed by atoms with Crippen molar-refractivity contribution in [2.75, 3.05) is 26.2 Å². The Kier molecular flexibility index (Phi) is 3.43. The molecule has 2 aliphatic heterocycles. The second-order valence-electron chi connectivity index (χ2n) is 5.22. The summed E-state index contributed by atoms with van der Waals surface area (Å²) in [4.78, 5) is 26.0. The quantitative estimate of drug-likeness (QED) is 0.744. The van der Waals surface area contributed by atoms with Crippen LogP contribution in [-0.2, 0) is 16.6 Å². The zero-order valence-corrected chi connectivity index (χ0v) is 11.4. The Labute approximate surface area is 116 Å². The maximum Gasteiger partial charge on any atom is 0.274 e. The number of aryl methyl sites for hydroxylation is 1. The van der Waals surface area contributed by atoms with Crippen molar-refractivity contribution in [2.24, 2.45) is 13.0 Å². The first-order valence-corrected chi connectivity index (χ1v) is 6.83. The van der Waals surface area contributed by atoms with Gasteiger partial charge in [0.2, 0.25) is 5.91 Å². The number of nitrogens with zero attached hydrogens (tertiary/aromatic N) is 3. The van der Waals surface area contributed by atoms with E-state index in [0.717, 1.165) is 0 Å². The van der Waals surface area contributed by atoms with Crippen LogP contribution in [0.1, 0.15) is 16.9 Å². The fourth-order valence-electron chi connectivity index (χ4n) is 2.78. The molecule has 2 amide bonds. The van der Waals surface area contributed by atoms with Crippen molar-refractivity contribution in [2.45, 2.75) is 12.5 Å². The van der Waals surface area contributed by atoms with Gasteiger partial charge in [0.05, 0.1) is 18.6 Å². The van der Waals surface area contributed by atoms with Gasteiger partial charge >= 0.3 is 0 Å². The molecule has 2 aliphatic rings. The van der Waals surface area contributed by atoms with Gasteiger partial charge in [-0.25, -0.2) is 0 Å². The van der Waals surface area contributed by atoms with Gasteiger partial charge in [-0.1, -0.05) is 0 Å². The molecule has 1 aromatic rings. The minimum atomic E-state index is -0.209. The van der Waals surface area contributed by atoms with E-state index in [1.54, 1.807) is 28.9 Å². The van der Waals surface area contributed by atoms with Crippen LogP contribution in [0.3, 0.4) is 0 Å². The third kappa shape index (κ3) is 2.40. The zero-order chi connectivity index (χ0) is 14.1. The van der Waals surface area contributed by atoms with Gasteiger partial charge in [0.15, 0.2) is 0 Å². The fraction of sp³-hybridized carbons (Fsp3) is 0.615. The molecule has 3 heterocycles. The summed E-state index contributed by atoms with van der Waals surface area (Å²) >= 11 is 0. The second kappa shape index (κ2) is 5.24. The minimum Gasteiger partial charge on any atom is -0.374 e. The molecule has 2 atom stereocenters. The molecule has 3 rings (SSSR count). The first kappa shape index (κ1) is 13.1. The van der Waals surface area contributed by atoms with E-state index in [9.17, 15) is 9.59 Å². The summed E-state index contributed by atoms with van der Waals surface area (Å²) in [5.41, 5.74) is 0.434. The molecule has 1 aromatic heterocycles. The summed E-state index contributed by atoms with van der Waals surface area (Å²) in [6, 6.07) is 1.70. The smallest absolute Gasteiger partial charge is 0.274 e. The lowest BCUT2D eigenvalue weighted by atomic mass is 9.93. The average molecular weight is 278 g/mol. The van der Waals surface area contributed by atoms with Gasteiger partial charge in [0.1, 0.15) is 5.69 Å². The van der Waals surface area contributed by atoms with Crippen LogP contribution in [0, 0.1) is 5.92 Å². The van der Waals surface area contributed by atoms with Gasteiger partial charge in [-0.3, -0.25) is 14.3 Å². The molecule has 20 heavy (non-hydrogen) atoms. The molecular weight excluding hydrogens is 260 g/mol. The zero-order valence-electron chi connectivity index (χ0n) is 11.4. The summed E-state index contributed by atoms with van der Waals surface area (Å²) in [6.07, 6.45) is 2.17. The minimum absolute atomic E-state index is 0.0393. The summed E-state index contributed by atoms with van der Waals surface area (Å²) in [5, 5.41) is 6.97. The molecule has 0 radical (unpaired) electrons. The number of hydrogen-bond donors (Lipinski definition) is 1. The summed E-state index contributed by atoms with van der Waals surface area (Å²) < 4.78 is 7.30.